The zero-order valence-corrected chi connectivity index (χ0v) is 8.37. The van der Waals surface area contributed by atoms with E-state index in [0.717, 1.165) is 25.6 Å². The van der Waals surface area contributed by atoms with E-state index in [2.05, 4.69) is 10.3 Å². The molecule has 1 aromatic rings. The van der Waals surface area contributed by atoms with Crippen LogP contribution in [-0.2, 0) is 0 Å². The summed E-state index contributed by atoms with van der Waals surface area (Å²) in [7, 11) is 0. The van der Waals surface area contributed by atoms with Crippen molar-refractivity contribution in [1.29, 1.82) is 0 Å². The molecule has 1 unspecified atom stereocenters. The molecule has 1 N–H and O–H groups in total. The monoisotopic (exact) mass is 208 g/mol. The predicted molar refractivity (Wildman–Crippen MR) is 54.2 cm³/mol. The molecule has 1 aliphatic heterocycles. The van der Waals surface area contributed by atoms with Crippen LogP contribution < -0.4 is 5.32 Å². The highest BCUT2D eigenvalue weighted by Gasteiger charge is 2.18. The molecule has 1 fully saturated rings. The molecule has 1 aliphatic rings. The second kappa shape index (κ2) is 4.49. The maximum atomic E-state index is 12.8. The van der Waals surface area contributed by atoms with Crippen molar-refractivity contribution >= 4 is 5.78 Å². The van der Waals surface area contributed by atoms with Gasteiger partial charge in [0, 0.05) is 24.2 Å². The number of carbonyl (C=O) groups is 1. The number of Topliss-reactive ketones (excluding diaryl/α,β-unsaturated/α-hetero) is 1. The summed E-state index contributed by atoms with van der Waals surface area (Å²) >= 11 is 0. The third kappa shape index (κ3) is 2.59. The quantitative estimate of drug-likeness (QED) is 0.766. The van der Waals surface area contributed by atoms with Crippen LogP contribution in [0.1, 0.15) is 29.6 Å². The highest BCUT2D eigenvalue weighted by molar-refractivity contribution is 5.96. The molecule has 1 saturated heterocycles. The smallest absolute Gasteiger partial charge is 0.166 e. The Hall–Kier alpha value is -1.29. The van der Waals surface area contributed by atoms with Crippen molar-refractivity contribution in [1.82, 2.24) is 10.3 Å². The van der Waals surface area contributed by atoms with Crippen LogP contribution in [0.3, 0.4) is 0 Å². The van der Waals surface area contributed by atoms with Crippen molar-refractivity contribution in [3.63, 3.8) is 0 Å². The molecule has 0 spiro atoms. The van der Waals surface area contributed by atoms with Crippen LogP contribution in [0.4, 0.5) is 4.39 Å². The van der Waals surface area contributed by atoms with Gasteiger partial charge in [-0.05, 0) is 25.5 Å². The standard InChI is InChI=1S/C11H13FN2O/c12-9-4-8(6-13-7-9)11(15)5-10-2-1-3-14-10/h4,6-7,10,14H,1-3,5H2. The molecular formula is C11H13FN2O. The topological polar surface area (TPSA) is 42.0 Å². The fraction of sp³-hybridized carbons (Fsp3) is 0.455. The van der Waals surface area contributed by atoms with Crippen molar-refractivity contribution < 1.29 is 9.18 Å². The van der Waals surface area contributed by atoms with E-state index in [0.29, 0.717) is 12.0 Å². The minimum Gasteiger partial charge on any atom is -0.314 e. The van der Waals surface area contributed by atoms with E-state index in [1.54, 1.807) is 0 Å². The number of pyridine rings is 1. The minimum absolute atomic E-state index is 0.0404. The van der Waals surface area contributed by atoms with E-state index in [1.165, 1.54) is 12.3 Å². The molecule has 80 valence electrons. The van der Waals surface area contributed by atoms with Gasteiger partial charge >= 0.3 is 0 Å². The SMILES string of the molecule is O=C(CC1CCCN1)c1cncc(F)c1. The minimum atomic E-state index is -0.458. The van der Waals surface area contributed by atoms with Crippen LogP contribution in [0.5, 0.6) is 0 Å². The van der Waals surface area contributed by atoms with Crippen molar-refractivity contribution in [2.45, 2.75) is 25.3 Å². The lowest BCUT2D eigenvalue weighted by molar-refractivity contribution is 0.0971. The Morgan fingerprint density at radius 2 is 2.47 bits per heavy atom. The van der Waals surface area contributed by atoms with Crippen LogP contribution in [0, 0.1) is 5.82 Å². The van der Waals surface area contributed by atoms with E-state index in [-0.39, 0.29) is 11.8 Å². The Kier molecular flexibility index (Phi) is 3.06. The van der Waals surface area contributed by atoms with Gasteiger partial charge < -0.3 is 5.32 Å². The molecule has 1 aromatic heterocycles. The van der Waals surface area contributed by atoms with Crippen molar-refractivity contribution in [2.75, 3.05) is 6.54 Å². The van der Waals surface area contributed by atoms with Crippen LogP contribution in [-0.4, -0.2) is 23.4 Å². The van der Waals surface area contributed by atoms with E-state index in [1.807, 2.05) is 0 Å². The zero-order valence-electron chi connectivity index (χ0n) is 8.37. The van der Waals surface area contributed by atoms with Crippen molar-refractivity contribution in [3.05, 3.63) is 29.8 Å². The highest BCUT2D eigenvalue weighted by atomic mass is 19.1. The number of nitrogens with one attached hydrogen (secondary N) is 1. The van der Waals surface area contributed by atoms with Gasteiger partial charge in [-0.3, -0.25) is 9.78 Å². The largest absolute Gasteiger partial charge is 0.314 e. The summed E-state index contributed by atoms with van der Waals surface area (Å²) in [5.74, 6) is -0.498. The highest BCUT2D eigenvalue weighted by Crippen LogP contribution is 2.12. The van der Waals surface area contributed by atoms with Gasteiger partial charge in [-0.15, -0.1) is 0 Å². The molecule has 0 aromatic carbocycles. The fourth-order valence-corrected chi connectivity index (χ4v) is 1.84. The second-order valence-electron chi connectivity index (χ2n) is 3.81. The van der Waals surface area contributed by atoms with E-state index >= 15 is 0 Å². The van der Waals surface area contributed by atoms with Crippen LogP contribution in [0.2, 0.25) is 0 Å². The predicted octanol–water partition coefficient (Wildman–Crippen LogP) is 1.55. The van der Waals surface area contributed by atoms with Gasteiger partial charge in [-0.25, -0.2) is 4.39 Å². The summed E-state index contributed by atoms with van der Waals surface area (Å²) in [4.78, 5) is 15.4. The number of ketones is 1. The van der Waals surface area contributed by atoms with Gasteiger partial charge in [0.05, 0.1) is 6.20 Å². The van der Waals surface area contributed by atoms with Crippen LogP contribution in [0.15, 0.2) is 18.5 Å². The molecular weight excluding hydrogens is 195 g/mol. The molecule has 15 heavy (non-hydrogen) atoms. The Labute approximate surface area is 87.7 Å². The average Bonchev–Trinajstić information content (AvgIpc) is 2.70. The lowest BCUT2D eigenvalue weighted by Crippen LogP contribution is -2.24. The van der Waals surface area contributed by atoms with Gasteiger partial charge in [-0.2, -0.15) is 0 Å². The maximum absolute atomic E-state index is 12.8. The van der Waals surface area contributed by atoms with Crippen molar-refractivity contribution in [2.24, 2.45) is 0 Å². The third-order valence-electron chi connectivity index (χ3n) is 2.62. The van der Waals surface area contributed by atoms with Gasteiger partial charge in [0.2, 0.25) is 0 Å². The summed E-state index contributed by atoms with van der Waals surface area (Å²) in [6, 6.07) is 1.49. The number of hydrogen-bond donors (Lipinski definition) is 1. The summed E-state index contributed by atoms with van der Waals surface area (Å²) in [5.41, 5.74) is 0.365. The Bertz CT molecular complexity index is 361. The van der Waals surface area contributed by atoms with E-state index in [9.17, 15) is 9.18 Å². The average molecular weight is 208 g/mol. The molecule has 0 bridgehead atoms. The first-order valence-corrected chi connectivity index (χ1v) is 5.13. The number of carbonyl (C=O) groups excluding carboxylic acids is 1. The van der Waals surface area contributed by atoms with E-state index < -0.39 is 5.82 Å². The summed E-state index contributed by atoms with van der Waals surface area (Å²) < 4.78 is 12.8. The molecule has 0 aliphatic carbocycles. The second-order valence-corrected chi connectivity index (χ2v) is 3.81. The number of halogens is 1. The molecule has 0 amide bonds. The fourth-order valence-electron chi connectivity index (χ4n) is 1.84. The molecule has 0 radical (unpaired) electrons. The first-order chi connectivity index (χ1) is 7.25. The number of hydrogen-bond acceptors (Lipinski definition) is 3. The number of rotatable bonds is 3. The van der Waals surface area contributed by atoms with Crippen LogP contribution >= 0.6 is 0 Å². The third-order valence-corrected chi connectivity index (χ3v) is 2.62. The van der Waals surface area contributed by atoms with Gasteiger partial charge in [0.15, 0.2) is 5.78 Å². The Morgan fingerprint density at radius 3 is 3.13 bits per heavy atom. The Morgan fingerprint density at radius 1 is 1.60 bits per heavy atom. The molecule has 2 rings (SSSR count). The molecule has 0 saturated carbocycles. The number of nitrogens with zero attached hydrogens (tertiary/aromatic N) is 1. The van der Waals surface area contributed by atoms with Gasteiger partial charge in [0.25, 0.3) is 0 Å². The molecule has 2 heterocycles. The Balaban J connectivity index is 2.01. The van der Waals surface area contributed by atoms with Gasteiger partial charge in [0.1, 0.15) is 5.82 Å². The zero-order chi connectivity index (χ0) is 10.7. The van der Waals surface area contributed by atoms with Crippen molar-refractivity contribution in [3.8, 4) is 0 Å². The maximum Gasteiger partial charge on any atom is 0.166 e. The number of aromatic nitrogens is 1. The summed E-state index contributed by atoms with van der Waals surface area (Å²) in [6.07, 6.45) is 5.09. The molecule has 4 heteroatoms. The molecule has 3 nitrogen and oxygen atoms in total. The first-order valence-electron chi connectivity index (χ1n) is 5.13. The molecule has 1 atom stereocenters. The lowest BCUT2D eigenvalue weighted by Gasteiger charge is -2.08. The lowest BCUT2D eigenvalue weighted by atomic mass is 10.0. The summed E-state index contributed by atoms with van der Waals surface area (Å²) in [6.45, 7) is 0.972. The first kappa shape index (κ1) is 10.2. The van der Waals surface area contributed by atoms with E-state index in [4.69, 9.17) is 0 Å². The van der Waals surface area contributed by atoms with Gasteiger partial charge in [-0.1, -0.05) is 0 Å². The summed E-state index contributed by atoms with van der Waals surface area (Å²) in [5, 5.41) is 3.24. The van der Waals surface area contributed by atoms with Crippen LogP contribution in [0.25, 0.3) is 0 Å². The normalized spacial score (nSPS) is 20.5.